The van der Waals surface area contributed by atoms with Crippen LogP contribution in [0.15, 0.2) is 45.3 Å². The minimum absolute atomic E-state index is 0.234. The molecule has 0 amide bonds. The minimum atomic E-state index is -0.637. The van der Waals surface area contributed by atoms with E-state index in [4.69, 9.17) is 4.74 Å². The molecular formula is C15H13Br2FO2. The molecule has 0 unspecified atom stereocenters. The molecule has 2 nitrogen and oxygen atoms in total. The van der Waals surface area contributed by atoms with Crippen LogP contribution in [0.25, 0.3) is 0 Å². The second-order valence-electron chi connectivity index (χ2n) is 4.42. The first-order valence-corrected chi connectivity index (χ1v) is 7.59. The van der Waals surface area contributed by atoms with E-state index in [-0.39, 0.29) is 12.4 Å². The van der Waals surface area contributed by atoms with Crippen LogP contribution >= 0.6 is 31.9 Å². The Morgan fingerprint density at radius 2 is 1.90 bits per heavy atom. The zero-order chi connectivity index (χ0) is 14.7. The van der Waals surface area contributed by atoms with E-state index >= 15 is 0 Å². The summed E-state index contributed by atoms with van der Waals surface area (Å²) in [5.74, 6) is 0.271. The Labute approximate surface area is 133 Å². The van der Waals surface area contributed by atoms with Crippen molar-refractivity contribution in [2.75, 3.05) is 0 Å². The lowest BCUT2D eigenvalue weighted by Gasteiger charge is -2.14. The van der Waals surface area contributed by atoms with Crippen molar-refractivity contribution in [3.05, 3.63) is 62.3 Å². The molecule has 1 N–H and O–H groups in total. The molecule has 0 aliphatic heterocycles. The van der Waals surface area contributed by atoms with Crippen molar-refractivity contribution in [3.8, 4) is 5.75 Å². The third kappa shape index (κ3) is 4.04. The van der Waals surface area contributed by atoms with Gasteiger partial charge in [-0.3, -0.25) is 0 Å². The van der Waals surface area contributed by atoms with Crippen molar-refractivity contribution >= 4 is 31.9 Å². The van der Waals surface area contributed by atoms with Crippen molar-refractivity contribution in [3.63, 3.8) is 0 Å². The minimum Gasteiger partial charge on any atom is -0.489 e. The Balaban J connectivity index is 2.18. The molecule has 2 rings (SSSR count). The van der Waals surface area contributed by atoms with Gasteiger partial charge < -0.3 is 9.84 Å². The summed E-state index contributed by atoms with van der Waals surface area (Å²) in [6.07, 6.45) is -0.637. The molecule has 0 aliphatic carbocycles. The lowest BCUT2D eigenvalue weighted by Crippen LogP contribution is -2.01. The zero-order valence-electron chi connectivity index (χ0n) is 10.7. The van der Waals surface area contributed by atoms with Crippen LogP contribution < -0.4 is 4.74 Å². The molecule has 20 heavy (non-hydrogen) atoms. The maximum atomic E-state index is 13.3. The van der Waals surface area contributed by atoms with Gasteiger partial charge in [-0.1, -0.05) is 31.9 Å². The van der Waals surface area contributed by atoms with E-state index in [9.17, 15) is 9.50 Å². The van der Waals surface area contributed by atoms with Crippen molar-refractivity contribution in [1.29, 1.82) is 0 Å². The van der Waals surface area contributed by atoms with Crippen molar-refractivity contribution in [1.82, 2.24) is 0 Å². The average Bonchev–Trinajstić information content (AvgIpc) is 2.36. The van der Waals surface area contributed by atoms with Gasteiger partial charge in [-0.25, -0.2) is 4.39 Å². The smallest absolute Gasteiger partial charge is 0.125 e. The van der Waals surface area contributed by atoms with Crippen LogP contribution in [-0.4, -0.2) is 5.11 Å². The first-order chi connectivity index (χ1) is 9.45. The third-order valence-electron chi connectivity index (χ3n) is 2.74. The van der Waals surface area contributed by atoms with E-state index in [1.807, 2.05) is 12.1 Å². The average molecular weight is 404 g/mol. The highest BCUT2D eigenvalue weighted by Crippen LogP contribution is 2.29. The number of benzene rings is 2. The van der Waals surface area contributed by atoms with Crippen molar-refractivity contribution in [2.45, 2.75) is 19.6 Å². The molecule has 0 saturated heterocycles. The topological polar surface area (TPSA) is 29.5 Å². The fourth-order valence-electron chi connectivity index (χ4n) is 1.83. The van der Waals surface area contributed by atoms with Crippen LogP contribution in [0.3, 0.4) is 0 Å². The van der Waals surface area contributed by atoms with Gasteiger partial charge in [0.1, 0.15) is 18.2 Å². The van der Waals surface area contributed by atoms with Gasteiger partial charge >= 0.3 is 0 Å². The van der Waals surface area contributed by atoms with Gasteiger partial charge in [-0.05, 0) is 48.9 Å². The lowest BCUT2D eigenvalue weighted by molar-refractivity contribution is 0.190. The highest BCUT2D eigenvalue weighted by atomic mass is 79.9. The summed E-state index contributed by atoms with van der Waals surface area (Å²) in [4.78, 5) is 0. The van der Waals surface area contributed by atoms with Gasteiger partial charge in [-0.15, -0.1) is 0 Å². The number of aliphatic hydroxyl groups is 1. The predicted octanol–water partition coefficient (Wildman–Crippen LogP) is 4.98. The molecule has 0 aromatic heterocycles. The van der Waals surface area contributed by atoms with Crippen molar-refractivity contribution < 1.29 is 14.2 Å². The Bertz CT molecular complexity index is 595. The molecule has 0 radical (unpaired) electrons. The maximum absolute atomic E-state index is 13.3. The van der Waals surface area contributed by atoms with Crippen LogP contribution in [0.4, 0.5) is 4.39 Å². The lowest BCUT2D eigenvalue weighted by atomic mass is 10.1. The molecule has 2 aromatic rings. The SMILES string of the molecule is C[C@H](O)c1cc(Br)ccc1OCc1cc(F)cc(Br)c1. The van der Waals surface area contributed by atoms with Crippen LogP contribution in [0.1, 0.15) is 24.2 Å². The number of halogens is 3. The molecule has 2 aromatic carbocycles. The molecule has 1 atom stereocenters. The Hall–Kier alpha value is -0.910. The zero-order valence-corrected chi connectivity index (χ0v) is 13.9. The summed E-state index contributed by atoms with van der Waals surface area (Å²) in [6, 6.07) is 10.0. The summed E-state index contributed by atoms with van der Waals surface area (Å²) in [6.45, 7) is 1.91. The number of rotatable bonds is 4. The molecule has 0 fully saturated rings. The van der Waals surface area contributed by atoms with Crippen LogP contribution in [0.2, 0.25) is 0 Å². The molecule has 0 heterocycles. The summed E-state index contributed by atoms with van der Waals surface area (Å²) in [7, 11) is 0. The van der Waals surface area contributed by atoms with E-state index in [0.29, 0.717) is 15.8 Å². The maximum Gasteiger partial charge on any atom is 0.125 e. The van der Waals surface area contributed by atoms with Gasteiger partial charge in [0.15, 0.2) is 0 Å². The summed E-state index contributed by atoms with van der Waals surface area (Å²) in [5, 5.41) is 9.75. The van der Waals surface area contributed by atoms with E-state index in [2.05, 4.69) is 31.9 Å². The molecule has 5 heteroatoms. The van der Waals surface area contributed by atoms with Gasteiger partial charge in [0.25, 0.3) is 0 Å². The van der Waals surface area contributed by atoms with Crippen LogP contribution in [0, 0.1) is 5.82 Å². The monoisotopic (exact) mass is 402 g/mol. The molecule has 0 bridgehead atoms. The van der Waals surface area contributed by atoms with Crippen molar-refractivity contribution in [2.24, 2.45) is 0 Å². The molecule has 0 saturated carbocycles. The fraction of sp³-hybridized carbons (Fsp3) is 0.200. The van der Waals surface area contributed by atoms with E-state index in [0.717, 1.165) is 10.0 Å². The first kappa shape index (κ1) is 15.5. The highest BCUT2D eigenvalue weighted by molar-refractivity contribution is 9.10. The number of aliphatic hydroxyl groups excluding tert-OH is 1. The third-order valence-corrected chi connectivity index (χ3v) is 3.69. The van der Waals surface area contributed by atoms with Crippen LogP contribution in [0.5, 0.6) is 5.75 Å². The quantitative estimate of drug-likeness (QED) is 0.779. The van der Waals surface area contributed by atoms with Gasteiger partial charge in [-0.2, -0.15) is 0 Å². The summed E-state index contributed by atoms with van der Waals surface area (Å²) in [5.41, 5.74) is 1.41. The number of ether oxygens (including phenoxy) is 1. The van der Waals surface area contributed by atoms with E-state index in [1.54, 1.807) is 19.1 Å². The normalized spacial score (nSPS) is 12.2. The second-order valence-corrected chi connectivity index (χ2v) is 6.26. The van der Waals surface area contributed by atoms with E-state index in [1.165, 1.54) is 12.1 Å². The van der Waals surface area contributed by atoms with E-state index < -0.39 is 6.10 Å². The molecular weight excluding hydrogens is 391 g/mol. The fourth-order valence-corrected chi connectivity index (χ4v) is 2.72. The Morgan fingerprint density at radius 3 is 2.55 bits per heavy atom. The van der Waals surface area contributed by atoms with Gasteiger partial charge in [0, 0.05) is 14.5 Å². The first-order valence-electron chi connectivity index (χ1n) is 6.01. The largest absolute Gasteiger partial charge is 0.489 e. The summed E-state index contributed by atoms with van der Waals surface area (Å²) < 4.78 is 20.5. The summed E-state index contributed by atoms with van der Waals surface area (Å²) >= 11 is 6.60. The van der Waals surface area contributed by atoms with Crippen LogP contribution in [-0.2, 0) is 6.61 Å². The Kier molecular flexibility index (Phi) is 5.18. The van der Waals surface area contributed by atoms with Gasteiger partial charge in [0.2, 0.25) is 0 Å². The molecule has 0 aliphatic rings. The number of hydrogen-bond acceptors (Lipinski definition) is 2. The predicted molar refractivity (Wildman–Crippen MR) is 83.2 cm³/mol. The Morgan fingerprint density at radius 1 is 1.15 bits per heavy atom. The van der Waals surface area contributed by atoms with Gasteiger partial charge in [0.05, 0.1) is 6.10 Å². The molecule has 0 spiro atoms. The highest BCUT2D eigenvalue weighted by Gasteiger charge is 2.10. The number of hydrogen-bond donors (Lipinski definition) is 1. The second kappa shape index (κ2) is 6.70. The molecule has 106 valence electrons. The standard InChI is InChI=1S/C15H13Br2FO2/c1-9(19)14-7-11(16)2-3-15(14)20-8-10-4-12(17)6-13(18)5-10/h2-7,9,19H,8H2,1H3/t9-/m0/s1.